The number of anilines is 1. The monoisotopic (exact) mass is 260 g/mol. The molecule has 1 saturated heterocycles. The van der Waals surface area contributed by atoms with Crippen LogP contribution >= 0.6 is 11.3 Å². The van der Waals surface area contributed by atoms with E-state index in [0.29, 0.717) is 0 Å². The second-order valence-corrected chi connectivity index (χ2v) is 5.61. The van der Waals surface area contributed by atoms with Crippen molar-refractivity contribution in [1.82, 2.24) is 5.32 Å². The van der Waals surface area contributed by atoms with Gasteiger partial charge in [0, 0.05) is 10.4 Å². The summed E-state index contributed by atoms with van der Waals surface area (Å²) in [5.41, 5.74) is 0.887. The highest BCUT2D eigenvalue weighted by Gasteiger charge is 2.20. The van der Waals surface area contributed by atoms with Crippen LogP contribution < -0.4 is 10.6 Å². The molecule has 1 atom stereocenters. The molecule has 94 valence electrons. The first-order valence-corrected chi connectivity index (χ1v) is 7.22. The van der Waals surface area contributed by atoms with E-state index >= 15 is 0 Å². The van der Waals surface area contributed by atoms with Crippen LogP contribution in [-0.4, -0.2) is 18.5 Å². The Morgan fingerprint density at radius 2 is 2.28 bits per heavy atom. The maximum absolute atomic E-state index is 12.1. The van der Waals surface area contributed by atoms with E-state index in [9.17, 15) is 4.79 Å². The fourth-order valence-electron chi connectivity index (χ4n) is 2.35. The fourth-order valence-corrected chi connectivity index (χ4v) is 3.12. The molecule has 0 radical (unpaired) electrons. The molecule has 3 rings (SSSR count). The molecule has 2 aromatic rings. The van der Waals surface area contributed by atoms with Crippen LogP contribution in [0.25, 0.3) is 10.1 Å². The van der Waals surface area contributed by atoms with E-state index in [4.69, 9.17) is 0 Å². The number of piperidine rings is 1. The first kappa shape index (κ1) is 11.7. The minimum atomic E-state index is -0.0306. The second kappa shape index (κ2) is 5.08. The highest BCUT2D eigenvalue weighted by atomic mass is 32.1. The SMILES string of the molecule is O=C(Nc1ccc2sccc2c1)[C@@H]1CCCCN1. The molecular formula is C14H16N2OS. The maximum Gasteiger partial charge on any atom is 0.241 e. The molecule has 1 aliphatic rings. The number of rotatable bonds is 2. The van der Waals surface area contributed by atoms with Gasteiger partial charge in [-0.1, -0.05) is 6.42 Å². The van der Waals surface area contributed by atoms with E-state index in [2.05, 4.69) is 28.1 Å². The Morgan fingerprint density at radius 3 is 3.11 bits per heavy atom. The summed E-state index contributed by atoms with van der Waals surface area (Å²) in [6, 6.07) is 8.11. The summed E-state index contributed by atoms with van der Waals surface area (Å²) in [6.07, 6.45) is 3.24. The van der Waals surface area contributed by atoms with E-state index in [1.165, 1.54) is 16.5 Å². The minimum absolute atomic E-state index is 0.0306. The van der Waals surface area contributed by atoms with Crippen molar-refractivity contribution in [2.75, 3.05) is 11.9 Å². The van der Waals surface area contributed by atoms with Crippen molar-refractivity contribution >= 4 is 33.0 Å². The second-order valence-electron chi connectivity index (χ2n) is 4.66. The van der Waals surface area contributed by atoms with Gasteiger partial charge in [-0.25, -0.2) is 0 Å². The molecule has 18 heavy (non-hydrogen) atoms. The fraction of sp³-hybridized carbons (Fsp3) is 0.357. The quantitative estimate of drug-likeness (QED) is 0.871. The van der Waals surface area contributed by atoms with Gasteiger partial charge in [0.15, 0.2) is 0 Å². The molecule has 2 N–H and O–H groups in total. The van der Waals surface area contributed by atoms with Crippen LogP contribution in [0.4, 0.5) is 5.69 Å². The third-order valence-corrected chi connectivity index (χ3v) is 4.24. The summed E-state index contributed by atoms with van der Waals surface area (Å²) >= 11 is 1.72. The number of hydrogen-bond donors (Lipinski definition) is 2. The number of amides is 1. The van der Waals surface area contributed by atoms with Gasteiger partial charge in [0.2, 0.25) is 5.91 Å². The number of carbonyl (C=O) groups excluding carboxylic acids is 1. The Balaban J connectivity index is 1.72. The van der Waals surface area contributed by atoms with Crippen LogP contribution in [-0.2, 0) is 4.79 Å². The highest BCUT2D eigenvalue weighted by molar-refractivity contribution is 7.17. The molecule has 0 saturated carbocycles. The third-order valence-electron chi connectivity index (χ3n) is 3.35. The van der Waals surface area contributed by atoms with Gasteiger partial charge in [0.05, 0.1) is 6.04 Å². The predicted octanol–water partition coefficient (Wildman–Crippen LogP) is 2.98. The lowest BCUT2D eigenvalue weighted by atomic mass is 10.0. The lowest BCUT2D eigenvalue weighted by molar-refractivity contribution is -0.118. The molecule has 3 nitrogen and oxygen atoms in total. The largest absolute Gasteiger partial charge is 0.325 e. The zero-order chi connectivity index (χ0) is 12.4. The normalized spacial score (nSPS) is 19.9. The molecule has 1 aromatic carbocycles. The van der Waals surface area contributed by atoms with Gasteiger partial charge < -0.3 is 10.6 Å². The molecule has 1 aromatic heterocycles. The molecule has 0 aliphatic carbocycles. The van der Waals surface area contributed by atoms with Crippen molar-refractivity contribution in [1.29, 1.82) is 0 Å². The average molecular weight is 260 g/mol. The van der Waals surface area contributed by atoms with Crippen LogP contribution in [0.1, 0.15) is 19.3 Å². The molecule has 0 unspecified atom stereocenters. The van der Waals surface area contributed by atoms with Crippen LogP contribution in [0.5, 0.6) is 0 Å². The molecular weight excluding hydrogens is 244 g/mol. The number of hydrogen-bond acceptors (Lipinski definition) is 3. The number of carbonyl (C=O) groups is 1. The zero-order valence-electron chi connectivity index (χ0n) is 10.1. The van der Waals surface area contributed by atoms with E-state index in [0.717, 1.165) is 25.1 Å². The molecule has 4 heteroatoms. The van der Waals surface area contributed by atoms with Gasteiger partial charge in [0.25, 0.3) is 0 Å². The number of nitrogens with one attached hydrogen (secondary N) is 2. The molecule has 1 fully saturated rings. The summed E-state index contributed by atoms with van der Waals surface area (Å²) in [6.45, 7) is 0.946. The van der Waals surface area contributed by atoms with Crippen LogP contribution in [0, 0.1) is 0 Å². The highest BCUT2D eigenvalue weighted by Crippen LogP contribution is 2.24. The standard InChI is InChI=1S/C14H16N2OS/c17-14(12-3-1-2-7-15-12)16-11-4-5-13-10(9-11)6-8-18-13/h4-6,8-9,12,15H,1-3,7H2,(H,16,17)/t12-/m0/s1. The van der Waals surface area contributed by atoms with Gasteiger partial charge in [-0.05, 0) is 54.4 Å². The molecule has 0 spiro atoms. The Kier molecular flexibility index (Phi) is 3.30. The summed E-state index contributed by atoms with van der Waals surface area (Å²) in [4.78, 5) is 12.1. The van der Waals surface area contributed by atoms with Gasteiger partial charge in [-0.3, -0.25) is 4.79 Å². The van der Waals surface area contributed by atoms with Crippen molar-refractivity contribution in [3.8, 4) is 0 Å². The first-order chi connectivity index (χ1) is 8.83. The summed E-state index contributed by atoms with van der Waals surface area (Å²) < 4.78 is 1.25. The van der Waals surface area contributed by atoms with Gasteiger partial charge in [-0.15, -0.1) is 11.3 Å². The molecule has 1 amide bonds. The Labute approximate surface area is 110 Å². The predicted molar refractivity (Wildman–Crippen MR) is 76.1 cm³/mol. The van der Waals surface area contributed by atoms with Crippen molar-refractivity contribution in [3.63, 3.8) is 0 Å². The Bertz CT molecular complexity index is 558. The third kappa shape index (κ3) is 2.40. The first-order valence-electron chi connectivity index (χ1n) is 6.34. The van der Waals surface area contributed by atoms with E-state index in [-0.39, 0.29) is 11.9 Å². The van der Waals surface area contributed by atoms with Crippen molar-refractivity contribution in [2.45, 2.75) is 25.3 Å². The molecule has 2 heterocycles. The number of benzene rings is 1. The lowest BCUT2D eigenvalue weighted by Crippen LogP contribution is -2.43. The lowest BCUT2D eigenvalue weighted by Gasteiger charge is -2.22. The van der Waals surface area contributed by atoms with E-state index in [1.54, 1.807) is 11.3 Å². The summed E-state index contributed by atoms with van der Waals surface area (Å²) in [5, 5.41) is 9.52. The van der Waals surface area contributed by atoms with Gasteiger partial charge in [-0.2, -0.15) is 0 Å². The number of thiophene rings is 1. The van der Waals surface area contributed by atoms with E-state index < -0.39 is 0 Å². The van der Waals surface area contributed by atoms with Crippen molar-refractivity contribution < 1.29 is 4.79 Å². The average Bonchev–Trinajstić information content (AvgIpc) is 2.87. The van der Waals surface area contributed by atoms with E-state index in [1.807, 2.05) is 12.1 Å². The van der Waals surface area contributed by atoms with Gasteiger partial charge >= 0.3 is 0 Å². The van der Waals surface area contributed by atoms with Crippen LogP contribution in [0.3, 0.4) is 0 Å². The van der Waals surface area contributed by atoms with Crippen LogP contribution in [0.2, 0.25) is 0 Å². The smallest absolute Gasteiger partial charge is 0.241 e. The van der Waals surface area contributed by atoms with Crippen LogP contribution in [0.15, 0.2) is 29.6 Å². The summed E-state index contributed by atoms with van der Waals surface area (Å²) in [7, 11) is 0. The number of fused-ring (bicyclic) bond motifs is 1. The Hall–Kier alpha value is -1.39. The topological polar surface area (TPSA) is 41.1 Å². The maximum atomic E-state index is 12.1. The molecule has 0 bridgehead atoms. The minimum Gasteiger partial charge on any atom is -0.325 e. The Morgan fingerprint density at radius 1 is 1.33 bits per heavy atom. The van der Waals surface area contributed by atoms with Crippen molar-refractivity contribution in [2.24, 2.45) is 0 Å². The zero-order valence-corrected chi connectivity index (χ0v) is 10.9. The van der Waals surface area contributed by atoms with Gasteiger partial charge in [0.1, 0.15) is 0 Å². The summed E-state index contributed by atoms with van der Waals surface area (Å²) in [5.74, 6) is 0.0873. The molecule has 1 aliphatic heterocycles. The van der Waals surface area contributed by atoms with Crippen molar-refractivity contribution in [3.05, 3.63) is 29.6 Å².